The van der Waals surface area contributed by atoms with Crippen molar-refractivity contribution in [2.45, 2.75) is 13.8 Å². The number of piperazine rings is 1. The van der Waals surface area contributed by atoms with Gasteiger partial charge >= 0.3 is 0 Å². The fraction of sp³-hybridized carbons (Fsp3) is 0.381. The average molecular weight is 432 g/mol. The van der Waals surface area contributed by atoms with Crippen LogP contribution in [0, 0.1) is 6.92 Å². The number of nitrogens with zero attached hydrogens (tertiary/aromatic N) is 2. The number of ether oxygens (including phenoxy) is 1. The summed E-state index contributed by atoms with van der Waals surface area (Å²) in [5.41, 5.74) is 3.10. The van der Waals surface area contributed by atoms with Crippen LogP contribution in [0.4, 0.5) is 11.4 Å². The minimum atomic E-state index is 0.0164. The summed E-state index contributed by atoms with van der Waals surface area (Å²) < 4.78 is 6.65. The highest BCUT2D eigenvalue weighted by molar-refractivity contribution is 9.10. The molecule has 0 atom stereocenters. The Kier molecular flexibility index (Phi) is 6.74. The molecule has 1 aliphatic rings. The molecule has 0 saturated carbocycles. The highest BCUT2D eigenvalue weighted by atomic mass is 79.9. The molecule has 1 aliphatic heterocycles. The second kappa shape index (κ2) is 9.24. The molecular formula is C21H26BrN3O2. The Labute approximate surface area is 169 Å². The summed E-state index contributed by atoms with van der Waals surface area (Å²) >= 11 is 3.51. The highest BCUT2D eigenvalue weighted by Crippen LogP contribution is 2.29. The van der Waals surface area contributed by atoms with Crippen LogP contribution in [-0.4, -0.2) is 50.1 Å². The SMILES string of the molecule is CCOc1ccccc1N1CCN(CC(=O)Nc2ccc(C)cc2Br)CC1. The van der Waals surface area contributed by atoms with E-state index in [0.29, 0.717) is 13.2 Å². The molecule has 1 fully saturated rings. The molecule has 0 aliphatic carbocycles. The van der Waals surface area contributed by atoms with Gasteiger partial charge in [-0.25, -0.2) is 0 Å². The Morgan fingerprint density at radius 2 is 1.89 bits per heavy atom. The first-order valence-electron chi connectivity index (χ1n) is 9.32. The third kappa shape index (κ3) is 5.23. The number of aryl methyl sites for hydroxylation is 1. The van der Waals surface area contributed by atoms with Gasteiger partial charge in [0.15, 0.2) is 0 Å². The number of halogens is 1. The Morgan fingerprint density at radius 1 is 1.15 bits per heavy atom. The highest BCUT2D eigenvalue weighted by Gasteiger charge is 2.21. The number of rotatable bonds is 6. The summed E-state index contributed by atoms with van der Waals surface area (Å²) in [5, 5.41) is 2.99. The van der Waals surface area contributed by atoms with E-state index in [9.17, 15) is 4.79 Å². The number of carbonyl (C=O) groups excluding carboxylic acids is 1. The Morgan fingerprint density at radius 3 is 2.59 bits per heavy atom. The first-order valence-corrected chi connectivity index (χ1v) is 10.1. The molecule has 1 saturated heterocycles. The number of anilines is 2. The van der Waals surface area contributed by atoms with Crippen LogP contribution in [-0.2, 0) is 4.79 Å². The van der Waals surface area contributed by atoms with E-state index in [4.69, 9.17) is 4.74 Å². The maximum Gasteiger partial charge on any atom is 0.238 e. The number of nitrogens with one attached hydrogen (secondary N) is 1. The Hall–Kier alpha value is -2.05. The normalized spacial score (nSPS) is 14.9. The van der Waals surface area contributed by atoms with Gasteiger partial charge in [-0.1, -0.05) is 18.2 Å². The van der Waals surface area contributed by atoms with E-state index in [-0.39, 0.29) is 5.91 Å². The van der Waals surface area contributed by atoms with Crippen LogP contribution < -0.4 is 15.0 Å². The van der Waals surface area contributed by atoms with Crippen LogP contribution in [0.1, 0.15) is 12.5 Å². The van der Waals surface area contributed by atoms with Gasteiger partial charge in [-0.2, -0.15) is 0 Å². The number of hydrogen-bond acceptors (Lipinski definition) is 4. The van der Waals surface area contributed by atoms with Gasteiger partial charge in [0.05, 0.1) is 24.5 Å². The molecule has 1 amide bonds. The molecule has 0 spiro atoms. The van der Waals surface area contributed by atoms with Gasteiger partial charge in [-0.15, -0.1) is 0 Å². The van der Waals surface area contributed by atoms with Gasteiger partial charge in [0.25, 0.3) is 0 Å². The van der Waals surface area contributed by atoms with Crippen LogP contribution in [0.15, 0.2) is 46.9 Å². The van der Waals surface area contributed by atoms with Crippen molar-refractivity contribution in [3.63, 3.8) is 0 Å². The number of amides is 1. The fourth-order valence-corrected chi connectivity index (χ4v) is 3.85. The van der Waals surface area contributed by atoms with Crippen LogP contribution in [0.5, 0.6) is 5.75 Å². The van der Waals surface area contributed by atoms with Gasteiger partial charge in [-0.05, 0) is 59.6 Å². The second-order valence-electron chi connectivity index (χ2n) is 6.70. The molecule has 1 N–H and O–H groups in total. The van der Waals surface area contributed by atoms with Gasteiger partial charge in [-0.3, -0.25) is 9.69 Å². The van der Waals surface area contributed by atoms with Crippen LogP contribution in [0.2, 0.25) is 0 Å². The lowest BCUT2D eigenvalue weighted by Crippen LogP contribution is -2.48. The molecule has 144 valence electrons. The van der Waals surface area contributed by atoms with Crippen molar-refractivity contribution in [2.75, 3.05) is 49.5 Å². The van der Waals surface area contributed by atoms with Crippen LogP contribution >= 0.6 is 15.9 Å². The minimum Gasteiger partial charge on any atom is -0.492 e. The van der Waals surface area contributed by atoms with E-state index in [1.165, 1.54) is 0 Å². The zero-order valence-electron chi connectivity index (χ0n) is 15.9. The molecule has 0 aromatic heterocycles. The molecule has 5 nitrogen and oxygen atoms in total. The topological polar surface area (TPSA) is 44.8 Å². The maximum absolute atomic E-state index is 12.4. The van der Waals surface area contributed by atoms with E-state index >= 15 is 0 Å². The summed E-state index contributed by atoms with van der Waals surface area (Å²) in [5.74, 6) is 0.943. The predicted octanol–water partition coefficient (Wildman–Crippen LogP) is 3.92. The van der Waals surface area contributed by atoms with E-state index in [1.54, 1.807) is 0 Å². The van der Waals surface area contributed by atoms with Gasteiger partial charge in [0.1, 0.15) is 5.75 Å². The summed E-state index contributed by atoms with van der Waals surface area (Å²) in [6.45, 7) is 8.55. The monoisotopic (exact) mass is 431 g/mol. The number of carbonyl (C=O) groups is 1. The van der Waals surface area contributed by atoms with Crippen molar-refractivity contribution in [2.24, 2.45) is 0 Å². The second-order valence-corrected chi connectivity index (χ2v) is 7.55. The third-order valence-electron chi connectivity index (χ3n) is 4.64. The lowest BCUT2D eigenvalue weighted by atomic mass is 10.2. The van der Waals surface area contributed by atoms with Crippen molar-refractivity contribution in [3.8, 4) is 5.75 Å². The molecule has 3 rings (SSSR count). The van der Waals surface area contributed by atoms with E-state index < -0.39 is 0 Å². The van der Waals surface area contributed by atoms with E-state index in [2.05, 4.69) is 37.1 Å². The Balaban J connectivity index is 1.53. The molecule has 1 heterocycles. The first-order chi connectivity index (χ1) is 13.1. The largest absolute Gasteiger partial charge is 0.492 e. The maximum atomic E-state index is 12.4. The summed E-state index contributed by atoms with van der Waals surface area (Å²) in [4.78, 5) is 16.9. The van der Waals surface area contributed by atoms with Crippen molar-refractivity contribution in [1.82, 2.24) is 4.90 Å². The van der Waals surface area contributed by atoms with Crippen molar-refractivity contribution >= 4 is 33.2 Å². The average Bonchev–Trinajstić information content (AvgIpc) is 2.65. The quantitative estimate of drug-likeness (QED) is 0.752. The smallest absolute Gasteiger partial charge is 0.238 e. The molecule has 2 aromatic rings. The molecular weight excluding hydrogens is 406 g/mol. The van der Waals surface area contributed by atoms with E-state index in [0.717, 1.165) is 53.3 Å². The summed E-state index contributed by atoms with van der Waals surface area (Å²) in [7, 11) is 0. The lowest BCUT2D eigenvalue weighted by molar-refractivity contribution is -0.117. The minimum absolute atomic E-state index is 0.0164. The molecule has 0 unspecified atom stereocenters. The first kappa shape index (κ1) is 19.7. The van der Waals surface area contributed by atoms with Crippen molar-refractivity contribution in [3.05, 3.63) is 52.5 Å². The van der Waals surface area contributed by atoms with Gasteiger partial charge in [0.2, 0.25) is 5.91 Å². The van der Waals surface area contributed by atoms with Crippen molar-refractivity contribution in [1.29, 1.82) is 0 Å². The van der Waals surface area contributed by atoms with Crippen molar-refractivity contribution < 1.29 is 9.53 Å². The molecule has 0 bridgehead atoms. The van der Waals surface area contributed by atoms with Crippen LogP contribution in [0.25, 0.3) is 0 Å². The van der Waals surface area contributed by atoms with Crippen LogP contribution in [0.3, 0.4) is 0 Å². The fourth-order valence-electron chi connectivity index (χ4n) is 3.26. The zero-order chi connectivity index (χ0) is 19.2. The molecule has 6 heteroatoms. The third-order valence-corrected chi connectivity index (χ3v) is 5.30. The lowest BCUT2D eigenvalue weighted by Gasteiger charge is -2.36. The number of para-hydroxylation sites is 2. The standard InChI is InChI=1S/C21H26BrN3O2/c1-3-27-20-7-5-4-6-19(20)25-12-10-24(11-13-25)15-21(26)23-18-9-8-16(2)14-17(18)22/h4-9,14H,3,10-13,15H2,1-2H3,(H,23,26). The number of benzene rings is 2. The van der Waals surface area contributed by atoms with E-state index in [1.807, 2.05) is 50.2 Å². The molecule has 27 heavy (non-hydrogen) atoms. The Bertz CT molecular complexity index is 789. The molecule has 0 radical (unpaired) electrons. The van der Waals surface area contributed by atoms with Gasteiger partial charge in [0, 0.05) is 30.7 Å². The van der Waals surface area contributed by atoms with Gasteiger partial charge < -0.3 is 15.0 Å². The molecule has 2 aromatic carbocycles. The zero-order valence-corrected chi connectivity index (χ0v) is 17.5. The predicted molar refractivity (Wildman–Crippen MR) is 114 cm³/mol. The number of hydrogen-bond donors (Lipinski definition) is 1. The summed E-state index contributed by atoms with van der Waals surface area (Å²) in [6, 6.07) is 14.1. The summed E-state index contributed by atoms with van der Waals surface area (Å²) in [6.07, 6.45) is 0.